The average molecular weight is 421 g/mol. The van der Waals surface area contributed by atoms with Crippen LogP contribution in [0.3, 0.4) is 0 Å². The number of amides is 2. The number of hydrogen-bond donors (Lipinski definition) is 1. The Morgan fingerprint density at radius 2 is 1.87 bits per heavy atom. The Labute approximate surface area is 171 Å². The second-order valence-electron chi connectivity index (χ2n) is 7.17. The number of rotatable bonds is 5. The molecule has 1 aliphatic heterocycles. The van der Waals surface area contributed by atoms with Crippen LogP contribution in [0.25, 0.3) is 0 Å². The summed E-state index contributed by atoms with van der Waals surface area (Å²) < 4.78 is 39.5. The van der Waals surface area contributed by atoms with Gasteiger partial charge in [0.05, 0.1) is 17.8 Å². The molecule has 0 atom stereocenters. The van der Waals surface area contributed by atoms with Crippen LogP contribution in [0.1, 0.15) is 29.7 Å². The van der Waals surface area contributed by atoms with Gasteiger partial charge < -0.3 is 10.2 Å². The Kier molecular flexibility index (Phi) is 6.23. The summed E-state index contributed by atoms with van der Waals surface area (Å²) in [6, 6.07) is 4.82. The molecule has 0 unspecified atom stereocenters. The zero-order valence-electron chi connectivity index (χ0n) is 16.4. The fourth-order valence-corrected chi connectivity index (χ4v) is 3.31. The normalized spacial score (nSPS) is 15.1. The zero-order chi connectivity index (χ0) is 21.9. The van der Waals surface area contributed by atoms with Gasteiger partial charge in [-0.15, -0.1) is 5.10 Å². The van der Waals surface area contributed by atoms with E-state index in [2.05, 4.69) is 22.2 Å². The van der Waals surface area contributed by atoms with Crippen molar-refractivity contribution in [2.24, 2.45) is 5.92 Å². The fraction of sp³-hybridized carbons (Fsp3) is 0.400. The van der Waals surface area contributed by atoms with Crippen LogP contribution in [0.5, 0.6) is 0 Å². The number of hydrogen-bond acceptors (Lipinski definition) is 4. The van der Waals surface area contributed by atoms with E-state index in [9.17, 15) is 22.8 Å². The molecule has 0 spiro atoms. The van der Waals surface area contributed by atoms with Crippen molar-refractivity contribution >= 4 is 17.6 Å². The summed E-state index contributed by atoms with van der Waals surface area (Å²) in [6.45, 7) is 6.40. The highest BCUT2D eigenvalue weighted by Crippen LogP contribution is 2.29. The molecule has 0 radical (unpaired) electrons. The second-order valence-corrected chi connectivity index (χ2v) is 7.17. The highest BCUT2D eigenvalue weighted by atomic mass is 19.4. The largest absolute Gasteiger partial charge is 0.416 e. The van der Waals surface area contributed by atoms with Crippen molar-refractivity contribution in [3.05, 3.63) is 53.7 Å². The number of halogens is 3. The molecule has 30 heavy (non-hydrogen) atoms. The van der Waals surface area contributed by atoms with Gasteiger partial charge >= 0.3 is 6.18 Å². The molecule has 1 aromatic heterocycles. The van der Waals surface area contributed by atoms with Crippen molar-refractivity contribution < 1.29 is 22.8 Å². The quantitative estimate of drug-likeness (QED) is 0.753. The van der Waals surface area contributed by atoms with Crippen LogP contribution in [-0.2, 0) is 22.3 Å². The van der Waals surface area contributed by atoms with Crippen LogP contribution in [0, 0.1) is 12.8 Å². The highest BCUT2D eigenvalue weighted by Gasteiger charge is 2.30. The Morgan fingerprint density at radius 3 is 2.43 bits per heavy atom. The molecule has 1 fully saturated rings. The Hall–Kier alpha value is -3.17. The number of aromatic nitrogens is 3. The minimum atomic E-state index is -4.38. The van der Waals surface area contributed by atoms with Crippen molar-refractivity contribution in [2.75, 3.05) is 18.4 Å². The molecule has 2 amide bonds. The third-order valence-electron chi connectivity index (χ3n) is 5.19. The van der Waals surface area contributed by atoms with E-state index < -0.39 is 11.7 Å². The standard InChI is InChI=1S/C20H22F3N5O2/c1-3-17(29)27-10-8-15(9-11-27)19(30)24-18-13(2)28(26-25-18)12-14-4-6-16(7-5-14)20(21,22)23/h3-7,15H,1,8-12H2,2H3,(H,24,30). The van der Waals surface area contributed by atoms with E-state index >= 15 is 0 Å². The van der Waals surface area contributed by atoms with Gasteiger partial charge in [-0.05, 0) is 43.5 Å². The SMILES string of the molecule is C=CC(=O)N1CCC(C(=O)Nc2nnn(Cc3ccc(C(F)(F)F)cc3)c2C)CC1. The lowest BCUT2D eigenvalue weighted by Gasteiger charge is -2.30. The molecule has 10 heteroatoms. The van der Waals surface area contributed by atoms with Crippen molar-refractivity contribution in [3.63, 3.8) is 0 Å². The first-order chi connectivity index (χ1) is 14.2. The number of alkyl halides is 3. The Morgan fingerprint density at radius 1 is 1.23 bits per heavy atom. The number of piperidine rings is 1. The molecule has 1 aliphatic rings. The van der Waals surface area contributed by atoms with Crippen LogP contribution in [0.4, 0.5) is 19.0 Å². The predicted octanol–water partition coefficient (Wildman–Crippen LogP) is 3.02. The number of nitrogens with one attached hydrogen (secondary N) is 1. The van der Waals surface area contributed by atoms with E-state index in [0.717, 1.165) is 12.1 Å². The molecule has 1 N–H and O–H groups in total. The zero-order valence-corrected chi connectivity index (χ0v) is 16.4. The molecule has 7 nitrogen and oxygen atoms in total. The summed E-state index contributed by atoms with van der Waals surface area (Å²) in [5.74, 6) is -0.254. The molecule has 1 saturated heterocycles. The van der Waals surface area contributed by atoms with Gasteiger partial charge in [0.15, 0.2) is 5.82 Å². The van der Waals surface area contributed by atoms with E-state index in [4.69, 9.17) is 0 Å². The van der Waals surface area contributed by atoms with Gasteiger partial charge in [0.2, 0.25) is 11.8 Å². The minimum absolute atomic E-state index is 0.143. The van der Waals surface area contributed by atoms with Crippen LogP contribution >= 0.6 is 0 Å². The Balaban J connectivity index is 1.59. The molecule has 2 heterocycles. The number of carbonyl (C=O) groups is 2. The molecule has 1 aromatic carbocycles. The lowest BCUT2D eigenvalue weighted by atomic mass is 9.96. The van der Waals surface area contributed by atoms with E-state index in [0.29, 0.717) is 43.0 Å². The Bertz CT molecular complexity index is 929. The lowest BCUT2D eigenvalue weighted by Crippen LogP contribution is -2.40. The van der Waals surface area contributed by atoms with Crippen molar-refractivity contribution in [1.29, 1.82) is 0 Å². The first-order valence-corrected chi connectivity index (χ1v) is 9.47. The van der Waals surface area contributed by atoms with E-state index in [1.54, 1.807) is 11.8 Å². The monoisotopic (exact) mass is 421 g/mol. The molecule has 160 valence electrons. The van der Waals surface area contributed by atoms with E-state index in [1.165, 1.54) is 22.9 Å². The van der Waals surface area contributed by atoms with Gasteiger partial charge in [0.25, 0.3) is 0 Å². The van der Waals surface area contributed by atoms with Crippen LogP contribution in [-0.4, -0.2) is 44.8 Å². The van der Waals surface area contributed by atoms with Gasteiger partial charge in [0.1, 0.15) is 0 Å². The third-order valence-corrected chi connectivity index (χ3v) is 5.19. The van der Waals surface area contributed by atoms with E-state index in [-0.39, 0.29) is 24.3 Å². The summed E-state index contributed by atoms with van der Waals surface area (Å²) in [5.41, 5.74) is 0.519. The predicted molar refractivity (Wildman–Crippen MR) is 103 cm³/mol. The summed E-state index contributed by atoms with van der Waals surface area (Å²) in [4.78, 5) is 25.8. The van der Waals surface area contributed by atoms with Gasteiger partial charge in [0, 0.05) is 19.0 Å². The van der Waals surface area contributed by atoms with Crippen molar-refractivity contribution in [3.8, 4) is 0 Å². The summed E-state index contributed by atoms with van der Waals surface area (Å²) in [5, 5.41) is 10.7. The first kappa shape index (κ1) is 21.5. The number of carbonyl (C=O) groups excluding carboxylic acids is 2. The lowest BCUT2D eigenvalue weighted by molar-refractivity contribution is -0.137. The fourth-order valence-electron chi connectivity index (χ4n) is 3.31. The van der Waals surface area contributed by atoms with Gasteiger partial charge in [-0.2, -0.15) is 13.2 Å². The molecule has 0 bridgehead atoms. The average Bonchev–Trinajstić information content (AvgIpc) is 3.06. The van der Waals surface area contributed by atoms with Crippen LogP contribution < -0.4 is 5.32 Å². The smallest absolute Gasteiger partial charge is 0.339 e. The molecule has 0 saturated carbocycles. The topological polar surface area (TPSA) is 80.1 Å². The number of anilines is 1. The molecule has 3 rings (SSSR count). The number of benzene rings is 1. The maximum Gasteiger partial charge on any atom is 0.416 e. The molecule has 2 aromatic rings. The summed E-state index contributed by atoms with van der Waals surface area (Å²) >= 11 is 0. The molecule has 0 aliphatic carbocycles. The highest BCUT2D eigenvalue weighted by molar-refractivity contribution is 5.92. The molecular weight excluding hydrogens is 399 g/mol. The minimum Gasteiger partial charge on any atom is -0.339 e. The van der Waals surface area contributed by atoms with Gasteiger partial charge in [-0.3, -0.25) is 9.59 Å². The molecular formula is C20H22F3N5O2. The van der Waals surface area contributed by atoms with Gasteiger partial charge in [-0.1, -0.05) is 23.9 Å². The van der Waals surface area contributed by atoms with E-state index in [1.807, 2.05) is 0 Å². The van der Waals surface area contributed by atoms with Crippen molar-refractivity contribution in [2.45, 2.75) is 32.5 Å². The van der Waals surface area contributed by atoms with Gasteiger partial charge in [-0.25, -0.2) is 4.68 Å². The maximum atomic E-state index is 12.7. The van der Waals surface area contributed by atoms with Crippen LogP contribution in [0.2, 0.25) is 0 Å². The number of likely N-dealkylation sites (tertiary alicyclic amines) is 1. The van der Waals surface area contributed by atoms with Crippen molar-refractivity contribution in [1.82, 2.24) is 19.9 Å². The summed E-state index contributed by atoms with van der Waals surface area (Å²) in [6.07, 6.45) is -2.03. The maximum absolute atomic E-state index is 12.7. The first-order valence-electron chi connectivity index (χ1n) is 9.47. The third kappa shape index (κ3) is 4.87. The summed E-state index contributed by atoms with van der Waals surface area (Å²) in [7, 11) is 0. The van der Waals surface area contributed by atoms with Crippen LogP contribution in [0.15, 0.2) is 36.9 Å². The number of nitrogens with zero attached hydrogens (tertiary/aromatic N) is 4. The second kappa shape index (κ2) is 8.68.